The van der Waals surface area contributed by atoms with Crippen molar-refractivity contribution in [1.82, 2.24) is 4.90 Å². The monoisotopic (exact) mass is 360 g/mol. The van der Waals surface area contributed by atoms with Gasteiger partial charge in [-0.3, -0.25) is 4.79 Å². The number of amides is 1. The summed E-state index contributed by atoms with van der Waals surface area (Å²) >= 11 is 1.67. The lowest BCUT2D eigenvalue weighted by Crippen LogP contribution is -2.43. The van der Waals surface area contributed by atoms with Crippen LogP contribution in [0.1, 0.15) is 46.0 Å². The van der Waals surface area contributed by atoms with Crippen LogP contribution in [-0.2, 0) is 4.79 Å². The number of rotatable bonds is 7. The van der Waals surface area contributed by atoms with Crippen molar-refractivity contribution in [1.29, 1.82) is 0 Å². The van der Waals surface area contributed by atoms with Crippen LogP contribution in [0.25, 0.3) is 0 Å². The van der Waals surface area contributed by atoms with E-state index in [9.17, 15) is 4.79 Å². The molecule has 0 aromatic heterocycles. The van der Waals surface area contributed by atoms with Gasteiger partial charge in [-0.15, -0.1) is 11.8 Å². The molecule has 1 fully saturated rings. The van der Waals surface area contributed by atoms with Crippen molar-refractivity contribution < 1.29 is 4.79 Å². The second-order valence-corrected chi connectivity index (χ2v) is 8.77. The Labute approximate surface area is 157 Å². The predicted molar refractivity (Wildman–Crippen MR) is 107 cm³/mol. The van der Waals surface area contributed by atoms with E-state index in [1.165, 1.54) is 50.1 Å². The Morgan fingerprint density at radius 1 is 1.20 bits per heavy atom. The van der Waals surface area contributed by atoms with E-state index in [0.717, 1.165) is 24.7 Å². The minimum Gasteiger partial charge on any atom is -0.310 e. The number of hydrogen-bond donors (Lipinski definition) is 0. The van der Waals surface area contributed by atoms with Gasteiger partial charge in [0.05, 0.1) is 11.4 Å². The molecule has 0 N–H and O–H groups in total. The Bertz CT molecular complexity index is 569. The second-order valence-electron chi connectivity index (χ2n) is 7.75. The Morgan fingerprint density at radius 3 is 2.72 bits per heavy atom. The van der Waals surface area contributed by atoms with Crippen LogP contribution in [0.3, 0.4) is 0 Å². The van der Waals surface area contributed by atoms with Gasteiger partial charge in [0.25, 0.3) is 0 Å². The zero-order valence-corrected chi connectivity index (χ0v) is 16.6. The maximum atomic E-state index is 12.4. The van der Waals surface area contributed by atoms with Crippen molar-refractivity contribution >= 4 is 23.4 Å². The molecule has 0 bridgehead atoms. The van der Waals surface area contributed by atoms with Crippen LogP contribution in [0, 0.1) is 11.8 Å². The van der Waals surface area contributed by atoms with Crippen LogP contribution in [0.5, 0.6) is 0 Å². The molecule has 0 aliphatic carbocycles. The fraction of sp³-hybridized carbons (Fsp3) is 0.667. The number of nitrogens with zero attached hydrogens (tertiary/aromatic N) is 2. The number of carbonyl (C=O) groups is 1. The van der Waals surface area contributed by atoms with Crippen molar-refractivity contribution in [3.05, 3.63) is 24.3 Å². The number of para-hydroxylation sites is 1. The van der Waals surface area contributed by atoms with E-state index in [4.69, 9.17) is 0 Å². The maximum Gasteiger partial charge on any atom is 0.237 e. The summed E-state index contributed by atoms with van der Waals surface area (Å²) in [5.74, 6) is 2.28. The van der Waals surface area contributed by atoms with E-state index < -0.39 is 0 Å². The molecular weight excluding hydrogens is 328 g/mol. The molecule has 3 rings (SSSR count). The standard InChI is InChI=1S/C21H32N2OS/c1-3-4-7-18-10-12-22(13-11-18)14-17(2)15-23-19-8-5-6-9-20(19)25-16-21(23)24/h5-6,8-9,17-18H,3-4,7,10-16H2,1-2H3/t17-/m1/s1. The van der Waals surface area contributed by atoms with Gasteiger partial charge < -0.3 is 9.80 Å². The molecule has 2 aliphatic rings. The zero-order valence-electron chi connectivity index (χ0n) is 15.7. The van der Waals surface area contributed by atoms with Crippen LogP contribution in [0.4, 0.5) is 5.69 Å². The molecule has 1 saturated heterocycles. The first kappa shape index (κ1) is 18.8. The quantitative estimate of drug-likeness (QED) is 0.706. The molecular formula is C21H32N2OS. The molecule has 1 aromatic carbocycles. The normalized spacial score (nSPS) is 20.6. The fourth-order valence-corrected chi connectivity index (χ4v) is 5.05. The SMILES string of the molecule is CCCCC1CCN(C[C@@H](C)CN2C(=O)CSc3ccccc32)CC1. The highest BCUT2D eigenvalue weighted by atomic mass is 32.2. The minimum atomic E-state index is 0.258. The summed E-state index contributed by atoms with van der Waals surface area (Å²) in [4.78, 5) is 18.3. The smallest absolute Gasteiger partial charge is 0.237 e. The van der Waals surface area contributed by atoms with E-state index >= 15 is 0 Å². The van der Waals surface area contributed by atoms with Crippen molar-refractivity contribution in [2.75, 3.05) is 36.8 Å². The van der Waals surface area contributed by atoms with Crippen LogP contribution < -0.4 is 4.90 Å². The summed E-state index contributed by atoms with van der Waals surface area (Å²) in [5, 5.41) is 0. The first-order chi connectivity index (χ1) is 12.2. The van der Waals surface area contributed by atoms with E-state index in [2.05, 4.69) is 36.9 Å². The molecule has 1 aromatic rings. The highest BCUT2D eigenvalue weighted by Gasteiger charge is 2.27. The van der Waals surface area contributed by atoms with Gasteiger partial charge in [-0.1, -0.05) is 45.2 Å². The third-order valence-corrected chi connectivity index (χ3v) is 6.59. The topological polar surface area (TPSA) is 23.6 Å². The van der Waals surface area contributed by atoms with Gasteiger partial charge in [-0.25, -0.2) is 0 Å². The van der Waals surface area contributed by atoms with Gasteiger partial charge in [-0.05, 0) is 49.9 Å². The molecule has 2 heterocycles. The summed E-state index contributed by atoms with van der Waals surface area (Å²) in [7, 11) is 0. The number of benzene rings is 1. The molecule has 1 amide bonds. The molecule has 0 unspecified atom stereocenters. The zero-order chi connectivity index (χ0) is 17.6. The number of likely N-dealkylation sites (tertiary alicyclic amines) is 1. The molecule has 1 atom stereocenters. The molecule has 0 radical (unpaired) electrons. The van der Waals surface area contributed by atoms with Gasteiger partial charge in [-0.2, -0.15) is 0 Å². The molecule has 138 valence electrons. The third kappa shape index (κ3) is 5.01. The molecule has 25 heavy (non-hydrogen) atoms. The highest BCUT2D eigenvalue weighted by Crippen LogP contribution is 2.35. The van der Waals surface area contributed by atoms with Crippen molar-refractivity contribution in [3.63, 3.8) is 0 Å². The first-order valence-corrected chi connectivity index (χ1v) is 10.9. The summed E-state index contributed by atoms with van der Waals surface area (Å²) in [6.07, 6.45) is 6.83. The Balaban J connectivity index is 1.50. The Morgan fingerprint density at radius 2 is 1.96 bits per heavy atom. The summed E-state index contributed by atoms with van der Waals surface area (Å²) in [5.41, 5.74) is 1.11. The molecule has 2 aliphatic heterocycles. The number of piperidine rings is 1. The number of hydrogen-bond acceptors (Lipinski definition) is 3. The van der Waals surface area contributed by atoms with Crippen LogP contribution >= 0.6 is 11.8 Å². The number of fused-ring (bicyclic) bond motifs is 1. The van der Waals surface area contributed by atoms with Crippen molar-refractivity contribution in [2.24, 2.45) is 11.8 Å². The first-order valence-electron chi connectivity index (χ1n) is 9.92. The van der Waals surface area contributed by atoms with Gasteiger partial charge in [0.2, 0.25) is 5.91 Å². The maximum absolute atomic E-state index is 12.4. The average molecular weight is 361 g/mol. The van der Waals surface area contributed by atoms with E-state index in [-0.39, 0.29) is 5.91 Å². The summed E-state index contributed by atoms with van der Waals surface area (Å²) < 4.78 is 0. The Hall–Kier alpha value is -1.00. The fourth-order valence-electron chi connectivity index (χ4n) is 4.11. The summed E-state index contributed by atoms with van der Waals surface area (Å²) in [6, 6.07) is 8.32. The molecule has 0 saturated carbocycles. The molecule has 3 nitrogen and oxygen atoms in total. The molecule has 4 heteroatoms. The van der Waals surface area contributed by atoms with E-state index in [0.29, 0.717) is 11.7 Å². The lowest BCUT2D eigenvalue weighted by molar-refractivity contribution is -0.116. The number of anilines is 1. The number of unbranched alkanes of at least 4 members (excludes halogenated alkanes) is 1. The van der Waals surface area contributed by atoms with Crippen molar-refractivity contribution in [3.8, 4) is 0 Å². The van der Waals surface area contributed by atoms with Crippen LogP contribution in [0.15, 0.2) is 29.2 Å². The van der Waals surface area contributed by atoms with Gasteiger partial charge in [0, 0.05) is 18.0 Å². The highest BCUT2D eigenvalue weighted by molar-refractivity contribution is 8.00. The van der Waals surface area contributed by atoms with Gasteiger partial charge in [0.15, 0.2) is 0 Å². The lowest BCUT2D eigenvalue weighted by Gasteiger charge is -2.36. The second kappa shape index (κ2) is 9.09. The number of carbonyl (C=O) groups excluding carboxylic acids is 1. The van der Waals surface area contributed by atoms with E-state index in [1.54, 1.807) is 11.8 Å². The summed E-state index contributed by atoms with van der Waals surface area (Å²) in [6.45, 7) is 9.00. The predicted octanol–water partition coefficient (Wildman–Crippen LogP) is 4.66. The van der Waals surface area contributed by atoms with Crippen LogP contribution in [-0.4, -0.2) is 42.7 Å². The minimum absolute atomic E-state index is 0.258. The Kier molecular flexibility index (Phi) is 6.83. The average Bonchev–Trinajstić information content (AvgIpc) is 2.63. The number of thioether (sulfide) groups is 1. The van der Waals surface area contributed by atoms with Gasteiger partial charge >= 0.3 is 0 Å². The largest absolute Gasteiger partial charge is 0.310 e. The van der Waals surface area contributed by atoms with Gasteiger partial charge in [0.1, 0.15) is 0 Å². The van der Waals surface area contributed by atoms with Crippen LogP contribution in [0.2, 0.25) is 0 Å². The molecule has 0 spiro atoms. The lowest BCUT2D eigenvalue weighted by atomic mass is 9.91. The third-order valence-electron chi connectivity index (χ3n) is 5.55. The van der Waals surface area contributed by atoms with E-state index in [1.807, 2.05) is 11.0 Å². The van der Waals surface area contributed by atoms with Crippen molar-refractivity contribution in [2.45, 2.75) is 50.8 Å².